The number of halogens is 1. The topological polar surface area (TPSA) is 34.2 Å². The van der Waals surface area contributed by atoms with Crippen molar-refractivity contribution >= 4 is 10.8 Å². The lowest BCUT2D eigenvalue weighted by Gasteiger charge is -2.09. The van der Waals surface area contributed by atoms with Crippen LogP contribution in [0, 0.1) is 5.82 Å². The van der Waals surface area contributed by atoms with Crippen LogP contribution in [0.1, 0.15) is 5.56 Å². The lowest BCUT2D eigenvalue weighted by molar-refractivity contribution is 0.314. The van der Waals surface area contributed by atoms with Crippen molar-refractivity contribution in [1.82, 2.24) is 10.3 Å². The van der Waals surface area contributed by atoms with Gasteiger partial charge in [0.25, 0.3) is 0 Å². The summed E-state index contributed by atoms with van der Waals surface area (Å²) in [4.78, 5) is 4.29. The molecule has 3 aromatic carbocycles. The highest BCUT2D eigenvalue weighted by molar-refractivity contribution is 5.83. The summed E-state index contributed by atoms with van der Waals surface area (Å²) in [6.45, 7) is 2.01. The van der Waals surface area contributed by atoms with Crippen LogP contribution in [0.3, 0.4) is 0 Å². The van der Waals surface area contributed by atoms with Crippen molar-refractivity contribution in [2.75, 3.05) is 13.2 Å². The number of pyridine rings is 1. The Balaban J connectivity index is 1.28. The van der Waals surface area contributed by atoms with Crippen molar-refractivity contribution in [1.29, 1.82) is 0 Å². The molecule has 0 spiro atoms. The van der Waals surface area contributed by atoms with Crippen LogP contribution in [-0.2, 0) is 6.54 Å². The summed E-state index contributed by atoms with van der Waals surface area (Å²) in [6, 6.07) is 22.9. The number of ether oxygens (including phenoxy) is 1. The molecule has 1 aromatic heterocycles. The van der Waals surface area contributed by atoms with E-state index in [0.29, 0.717) is 13.2 Å². The van der Waals surface area contributed by atoms with Crippen molar-refractivity contribution < 1.29 is 9.13 Å². The lowest BCUT2D eigenvalue weighted by Crippen LogP contribution is -2.20. The van der Waals surface area contributed by atoms with E-state index in [-0.39, 0.29) is 5.82 Å². The first-order valence-corrected chi connectivity index (χ1v) is 9.30. The Kier molecular flexibility index (Phi) is 5.59. The highest BCUT2D eigenvalue weighted by atomic mass is 19.1. The van der Waals surface area contributed by atoms with Crippen LogP contribution in [0.2, 0.25) is 0 Å². The van der Waals surface area contributed by atoms with Crippen molar-refractivity contribution in [3.05, 3.63) is 96.6 Å². The maximum Gasteiger partial charge on any atom is 0.123 e. The van der Waals surface area contributed by atoms with Gasteiger partial charge < -0.3 is 10.1 Å². The van der Waals surface area contributed by atoms with Gasteiger partial charge in [-0.25, -0.2) is 4.39 Å². The van der Waals surface area contributed by atoms with E-state index in [2.05, 4.69) is 40.6 Å². The summed E-state index contributed by atoms with van der Waals surface area (Å²) in [6.07, 6.45) is 3.63. The van der Waals surface area contributed by atoms with Crippen molar-refractivity contribution in [2.45, 2.75) is 6.54 Å². The SMILES string of the molecule is Fc1ccc(-c2cncc(CNCCOc3ccc4ccccc4c3)c2)cc1. The first-order chi connectivity index (χ1) is 13.8. The quantitative estimate of drug-likeness (QED) is 0.452. The molecule has 0 radical (unpaired) electrons. The molecule has 1 N–H and O–H groups in total. The smallest absolute Gasteiger partial charge is 0.123 e. The van der Waals surface area contributed by atoms with Gasteiger partial charge in [0.15, 0.2) is 0 Å². The average molecular weight is 372 g/mol. The molecule has 0 unspecified atom stereocenters. The molecule has 0 aliphatic heterocycles. The Morgan fingerprint density at radius 2 is 1.64 bits per heavy atom. The third-order valence-electron chi connectivity index (χ3n) is 4.57. The molecule has 4 heteroatoms. The van der Waals surface area contributed by atoms with Crippen LogP contribution in [0.15, 0.2) is 85.2 Å². The molecular weight excluding hydrogens is 351 g/mol. The third-order valence-corrected chi connectivity index (χ3v) is 4.57. The van der Waals surface area contributed by atoms with Gasteiger partial charge in [-0.3, -0.25) is 4.98 Å². The zero-order valence-electron chi connectivity index (χ0n) is 15.4. The second-order valence-corrected chi connectivity index (χ2v) is 6.62. The zero-order valence-corrected chi connectivity index (χ0v) is 15.4. The van der Waals surface area contributed by atoms with E-state index in [1.165, 1.54) is 22.9 Å². The van der Waals surface area contributed by atoms with Gasteiger partial charge in [-0.1, -0.05) is 42.5 Å². The molecule has 0 aliphatic carbocycles. The molecule has 1 heterocycles. The van der Waals surface area contributed by atoms with E-state index in [9.17, 15) is 4.39 Å². The number of nitrogens with one attached hydrogen (secondary N) is 1. The van der Waals surface area contributed by atoms with Crippen LogP contribution < -0.4 is 10.1 Å². The molecule has 4 aromatic rings. The van der Waals surface area contributed by atoms with Gasteiger partial charge in [0, 0.05) is 31.0 Å². The van der Waals surface area contributed by atoms with Crippen LogP contribution >= 0.6 is 0 Å². The summed E-state index contributed by atoms with van der Waals surface area (Å²) in [7, 11) is 0. The summed E-state index contributed by atoms with van der Waals surface area (Å²) in [5.41, 5.74) is 3.01. The largest absolute Gasteiger partial charge is 0.492 e. The van der Waals surface area contributed by atoms with Crippen molar-refractivity contribution in [2.24, 2.45) is 0 Å². The first-order valence-electron chi connectivity index (χ1n) is 9.30. The predicted molar refractivity (Wildman–Crippen MR) is 111 cm³/mol. The molecule has 3 nitrogen and oxygen atoms in total. The van der Waals surface area contributed by atoms with Gasteiger partial charge in [0.1, 0.15) is 18.2 Å². The van der Waals surface area contributed by atoms with Gasteiger partial charge in [0.2, 0.25) is 0 Å². The number of rotatable bonds is 7. The number of hydrogen-bond donors (Lipinski definition) is 1. The monoisotopic (exact) mass is 372 g/mol. The maximum atomic E-state index is 13.1. The Bertz CT molecular complexity index is 1060. The molecule has 0 saturated carbocycles. The molecule has 0 atom stereocenters. The Morgan fingerprint density at radius 1 is 0.821 bits per heavy atom. The minimum atomic E-state index is -0.235. The van der Waals surface area contributed by atoms with E-state index >= 15 is 0 Å². The van der Waals surface area contributed by atoms with E-state index in [0.717, 1.165) is 29.0 Å². The molecule has 0 saturated heterocycles. The normalized spacial score (nSPS) is 10.9. The van der Waals surface area contributed by atoms with Gasteiger partial charge in [-0.05, 0) is 52.2 Å². The fourth-order valence-electron chi connectivity index (χ4n) is 3.12. The van der Waals surface area contributed by atoms with Gasteiger partial charge >= 0.3 is 0 Å². The van der Waals surface area contributed by atoms with Crippen LogP contribution in [0.4, 0.5) is 4.39 Å². The first kappa shape index (κ1) is 18.1. The average Bonchev–Trinajstić information content (AvgIpc) is 2.74. The Hall–Kier alpha value is -3.24. The van der Waals surface area contributed by atoms with Crippen molar-refractivity contribution in [3.8, 4) is 16.9 Å². The maximum absolute atomic E-state index is 13.1. The molecule has 0 bridgehead atoms. The number of hydrogen-bond acceptors (Lipinski definition) is 3. The van der Waals surface area contributed by atoms with E-state index < -0.39 is 0 Å². The van der Waals surface area contributed by atoms with Crippen LogP contribution in [0.5, 0.6) is 5.75 Å². The predicted octanol–water partition coefficient (Wildman–Crippen LogP) is 5.21. The summed E-state index contributed by atoms with van der Waals surface area (Å²) in [5, 5.41) is 5.76. The van der Waals surface area contributed by atoms with E-state index in [4.69, 9.17) is 4.74 Å². The minimum absolute atomic E-state index is 0.235. The van der Waals surface area contributed by atoms with E-state index in [1.54, 1.807) is 18.3 Å². The Labute approximate surface area is 163 Å². The molecule has 28 heavy (non-hydrogen) atoms. The fourth-order valence-corrected chi connectivity index (χ4v) is 3.12. The second-order valence-electron chi connectivity index (χ2n) is 6.62. The minimum Gasteiger partial charge on any atom is -0.492 e. The molecule has 0 fully saturated rings. The highest BCUT2D eigenvalue weighted by Gasteiger charge is 2.02. The zero-order chi connectivity index (χ0) is 19.2. The molecule has 140 valence electrons. The van der Waals surface area contributed by atoms with E-state index in [1.807, 2.05) is 24.4 Å². The fraction of sp³-hybridized carbons (Fsp3) is 0.125. The molecule has 4 rings (SSSR count). The van der Waals surface area contributed by atoms with Crippen LogP contribution in [0.25, 0.3) is 21.9 Å². The van der Waals surface area contributed by atoms with Gasteiger partial charge in [0.05, 0.1) is 0 Å². The molecular formula is C24H21FN2O. The Morgan fingerprint density at radius 3 is 2.50 bits per heavy atom. The highest BCUT2D eigenvalue weighted by Crippen LogP contribution is 2.21. The number of benzene rings is 3. The standard InChI is InChI=1S/C24H21FN2O/c25-23-8-5-20(6-9-23)22-13-18(16-27-17-22)15-26-11-12-28-24-10-7-19-3-1-2-4-21(19)14-24/h1-10,13-14,16-17,26H,11-12,15H2. The van der Waals surface area contributed by atoms with Crippen LogP contribution in [-0.4, -0.2) is 18.1 Å². The summed E-state index contributed by atoms with van der Waals surface area (Å²) >= 11 is 0. The number of fused-ring (bicyclic) bond motifs is 1. The lowest BCUT2D eigenvalue weighted by atomic mass is 10.1. The molecule has 0 aliphatic rings. The number of aromatic nitrogens is 1. The number of nitrogens with zero attached hydrogens (tertiary/aromatic N) is 1. The van der Waals surface area contributed by atoms with Gasteiger partial charge in [-0.15, -0.1) is 0 Å². The summed E-state index contributed by atoms with van der Waals surface area (Å²) in [5.74, 6) is 0.640. The molecule has 0 amide bonds. The van der Waals surface area contributed by atoms with Gasteiger partial charge in [-0.2, -0.15) is 0 Å². The second kappa shape index (κ2) is 8.63. The third kappa shape index (κ3) is 4.53. The summed E-state index contributed by atoms with van der Waals surface area (Å²) < 4.78 is 18.9. The van der Waals surface area contributed by atoms with Crippen molar-refractivity contribution in [3.63, 3.8) is 0 Å².